The molecule has 31 heavy (non-hydrogen) atoms. The van der Waals surface area contributed by atoms with Crippen LogP contribution in [0.1, 0.15) is 27.3 Å². The summed E-state index contributed by atoms with van der Waals surface area (Å²) >= 11 is 1.50. The standard InChI is InChI=1S/C22H20FN5O2S/c23-10-16(11-24)12-28-22(30)27(14-25-28)13-19-6-5-18(31-19)4-1-15-2-7-20-17(9-15)3-8-21(29)26-20/h2,5-7,9-10,14H,3,8,11-13,24H2,(H,26,29)/b16-10+. The molecular formula is C22H20FN5O2S. The second-order valence-corrected chi connectivity index (χ2v) is 8.27. The minimum Gasteiger partial charge on any atom is -0.327 e. The van der Waals surface area contributed by atoms with Crippen LogP contribution in [0.15, 0.2) is 53.4 Å². The fourth-order valence-electron chi connectivity index (χ4n) is 3.22. The number of carbonyl (C=O) groups excluding carboxylic acids is 1. The fraction of sp³-hybridized carbons (Fsp3) is 0.227. The minimum atomic E-state index is -0.324. The second kappa shape index (κ2) is 9.12. The Bertz CT molecular complexity index is 1270. The Morgan fingerprint density at radius 2 is 2.13 bits per heavy atom. The molecule has 0 fully saturated rings. The molecule has 0 aliphatic carbocycles. The van der Waals surface area contributed by atoms with Crippen molar-refractivity contribution in [1.29, 1.82) is 0 Å². The van der Waals surface area contributed by atoms with Gasteiger partial charge in [-0.1, -0.05) is 11.8 Å². The van der Waals surface area contributed by atoms with Gasteiger partial charge in [0.15, 0.2) is 0 Å². The van der Waals surface area contributed by atoms with Gasteiger partial charge in [-0.25, -0.2) is 13.9 Å². The first-order valence-corrected chi connectivity index (χ1v) is 10.5. The zero-order chi connectivity index (χ0) is 21.8. The lowest BCUT2D eigenvalue weighted by Gasteiger charge is -2.16. The van der Waals surface area contributed by atoms with Gasteiger partial charge in [-0.05, 0) is 47.9 Å². The molecule has 3 aromatic rings. The maximum absolute atomic E-state index is 12.7. The van der Waals surface area contributed by atoms with E-state index < -0.39 is 0 Å². The van der Waals surface area contributed by atoms with Crippen molar-refractivity contribution in [3.8, 4) is 11.8 Å². The molecule has 3 heterocycles. The average Bonchev–Trinajstić information content (AvgIpc) is 3.37. The fourth-order valence-corrected chi connectivity index (χ4v) is 4.08. The van der Waals surface area contributed by atoms with Crippen LogP contribution in [0.2, 0.25) is 0 Å². The summed E-state index contributed by atoms with van der Waals surface area (Å²) < 4.78 is 15.4. The lowest BCUT2D eigenvalue weighted by Crippen LogP contribution is -2.26. The zero-order valence-corrected chi connectivity index (χ0v) is 17.4. The average molecular weight is 438 g/mol. The summed E-state index contributed by atoms with van der Waals surface area (Å²) in [4.78, 5) is 25.7. The summed E-state index contributed by atoms with van der Waals surface area (Å²) in [6.07, 6.45) is 3.06. The van der Waals surface area contributed by atoms with Crippen LogP contribution in [0.3, 0.4) is 0 Å². The molecule has 0 radical (unpaired) electrons. The lowest BCUT2D eigenvalue weighted by atomic mass is 10.0. The van der Waals surface area contributed by atoms with E-state index in [-0.39, 0.29) is 24.7 Å². The molecule has 0 saturated heterocycles. The number of benzene rings is 1. The maximum atomic E-state index is 12.7. The van der Waals surface area contributed by atoms with Gasteiger partial charge in [0.25, 0.3) is 0 Å². The van der Waals surface area contributed by atoms with Gasteiger partial charge in [0.05, 0.1) is 24.3 Å². The molecule has 4 rings (SSSR count). The summed E-state index contributed by atoms with van der Waals surface area (Å²) in [7, 11) is 0. The number of carbonyl (C=O) groups is 1. The van der Waals surface area contributed by atoms with Crippen LogP contribution in [0, 0.1) is 11.8 Å². The van der Waals surface area contributed by atoms with Crippen LogP contribution in [-0.4, -0.2) is 26.8 Å². The number of fused-ring (bicyclic) bond motifs is 1. The zero-order valence-electron chi connectivity index (χ0n) is 16.6. The largest absolute Gasteiger partial charge is 0.346 e. The molecule has 7 nitrogen and oxygen atoms in total. The highest BCUT2D eigenvalue weighted by Gasteiger charge is 2.14. The van der Waals surface area contributed by atoms with E-state index in [1.54, 1.807) is 0 Å². The summed E-state index contributed by atoms with van der Waals surface area (Å²) in [5, 5.41) is 6.89. The molecule has 1 amide bonds. The normalized spacial score (nSPS) is 13.4. The number of aryl methyl sites for hydroxylation is 1. The lowest BCUT2D eigenvalue weighted by molar-refractivity contribution is -0.116. The molecule has 2 aromatic heterocycles. The Morgan fingerprint density at radius 1 is 1.26 bits per heavy atom. The molecule has 0 saturated carbocycles. The first kappa shape index (κ1) is 20.8. The van der Waals surface area contributed by atoms with Crippen molar-refractivity contribution in [3.63, 3.8) is 0 Å². The van der Waals surface area contributed by atoms with Gasteiger partial charge in [0, 0.05) is 29.1 Å². The van der Waals surface area contributed by atoms with Crippen molar-refractivity contribution < 1.29 is 9.18 Å². The number of nitrogens with two attached hydrogens (primary N) is 1. The Labute approximate surface area is 182 Å². The topological polar surface area (TPSA) is 94.9 Å². The van der Waals surface area contributed by atoms with Crippen molar-refractivity contribution >= 4 is 22.9 Å². The molecular weight excluding hydrogens is 417 g/mol. The molecule has 3 N–H and O–H groups in total. The Balaban J connectivity index is 1.45. The van der Waals surface area contributed by atoms with Crippen LogP contribution >= 0.6 is 11.3 Å². The smallest absolute Gasteiger partial charge is 0.327 e. The van der Waals surface area contributed by atoms with Gasteiger partial charge in [-0.2, -0.15) is 5.10 Å². The number of nitrogens with zero attached hydrogens (tertiary/aromatic N) is 3. The van der Waals surface area contributed by atoms with Gasteiger partial charge >= 0.3 is 5.69 Å². The van der Waals surface area contributed by atoms with Gasteiger partial charge in [0.2, 0.25) is 5.91 Å². The van der Waals surface area contributed by atoms with Crippen LogP contribution < -0.4 is 16.7 Å². The minimum absolute atomic E-state index is 0.0294. The predicted octanol–water partition coefficient (Wildman–Crippen LogP) is 2.25. The van der Waals surface area contributed by atoms with E-state index in [1.807, 2.05) is 30.3 Å². The van der Waals surface area contributed by atoms with E-state index in [0.717, 1.165) is 33.0 Å². The van der Waals surface area contributed by atoms with E-state index >= 15 is 0 Å². The van der Waals surface area contributed by atoms with Gasteiger partial charge < -0.3 is 11.1 Å². The Morgan fingerprint density at radius 3 is 2.94 bits per heavy atom. The van der Waals surface area contributed by atoms with Crippen molar-refractivity contribution in [2.75, 3.05) is 11.9 Å². The molecule has 1 aromatic carbocycles. The van der Waals surface area contributed by atoms with Crippen LogP contribution in [0.4, 0.5) is 10.1 Å². The number of hydrogen-bond acceptors (Lipinski definition) is 5. The third-order valence-corrected chi connectivity index (χ3v) is 5.87. The highest BCUT2D eigenvalue weighted by atomic mass is 32.1. The number of nitrogens with one attached hydrogen (secondary N) is 1. The van der Waals surface area contributed by atoms with E-state index in [0.29, 0.717) is 24.9 Å². The SMILES string of the molecule is NC/C(=C\F)Cn1ncn(Cc2ccc(C#Cc3ccc4c(c3)CCC(=O)N4)s2)c1=O. The molecule has 9 heteroatoms. The summed E-state index contributed by atoms with van der Waals surface area (Å²) in [5.74, 6) is 6.35. The van der Waals surface area contributed by atoms with Crippen LogP contribution in [-0.2, 0) is 24.3 Å². The van der Waals surface area contributed by atoms with Crippen molar-refractivity contribution in [2.24, 2.45) is 5.73 Å². The monoisotopic (exact) mass is 437 g/mol. The molecule has 1 aliphatic rings. The van der Waals surface area contributed by atoms with Crippen molar-refractivity contribution in [2.45, 2.75) is 25.9 Å². The maximum Gasteiger partial charge on any atom is 0.346 e. The summed E-state index contributed by atoms with van der Waals surface area (Å²) in [5.41, 5.74) is 8.24. The van der Waals surface area contributed by atoms with Gasteiger partial charge in [0.1, 0.15) is 6.33 Å². The third-order valence-electron chi connectivity index (χ3n) is 4.88. The van der Waals surface area contributed by atoms with Gasteiger partial charge in [-0.15, -0.1) is 11.3 Å². The quantitative estimate of drug-likeness (QED) is 0.599. The first-order valence-electron chi connectivity index (χ1n) is 9.69. The molecule has 158 valence electrons. The Kier molecular flexibility index (Phi) is 6.11. The third kappa shape index (κ3) is 4.82. The van der Waals surface area contributed by atoms with Crippen LogP contribution in [0.5, 0.6) is 0 Å². The first-order chi connectivity index (χ1) is 15.1. The highest BCUT2D eigenvalue weighted by Crippen LogP contribution is 2.23. The molecule has 0 atom stereocenters. The molecule has 0 spiro atoms. The van der Waals surface area contributed by atoms with Crippen molar-refractivity contribution in [3.05, 3.63) is 79.9 Å². The number of hydrogen-bond donors (Lipinski definition) is 2. The summed E-state index contributed by atoms with van der Waals surface area (Å²) in [6, 6.07) is 9.62. The van der Waals surface area contributed by atoms with Gasteiger partial charge in [-0.3, -0.25) is 9.36 Å². The molecule has 1 aliphatic heterocycles. The predicted molar refractivity (Wildman–Crippen MR) is 118 cm³/mol. The number of aromatic nitrogens is 3. The van der Waals surface area contributed by atoms with E-state index in [1.165, 1.54) is 26.9 Å². The van der Waals surface area contributed by atoms with E-state index in [4.69, 9.17) is 5.73 Å². The van der Waals surface area contributed by atoms with E-state index in [2.05, 4.69) is 22.3 Å². The summed E-state index contributed by atoms with van der Waals surface area (Å²) in [6.45, 7) is 0.424. The number of thiophene rings is 1. The van der Waals surface area contributed by atoms with Crippen LogP contribution in [0.25, 0.3) is 0 Å². The highest BCUT2D eigenvalue weighted by molar-refractivity contribution is 7.12. The second-order valence-electron chi connectivity index (χ2n) is 7.11. The number of rotatable bonds is 5. The Hall–Kier alpha value is -3.48. The molecule has 0 unspecified atom stereocenters. The number of anilines is 1. The van der Waals surface area contributed by atoms with E-state index in [9.17, 15) is 14.0 Å². The molecule has 0 bridgehead atoms. The number of halogens is 1. The number of amides is 1. The van der Waals surface area contributed by atoms with Crippen molar-refractivity contribution in [1.82, 2.24) is 14.3 Å².